The van der Waals surface area contributed by atoms with Gasteiger partial charge in [-0.1, -0.05) is 24.6 Å². The van der Waals surface area contributed by atoms with Crippen molar-refractivity contribution >= 4 is 6.08 Å². The molecule has 1 aliphatic rings. The number of rotatable bonds is 2. The summed E-state index contributed by atoms with van der Waals surface area (Å²) in [6.45, 7) is 0. The summed E-state index contributed by atoms with van der Waals surface area (Å²) in [5, 5.41) is 9.84. The third-order valence-electron chi connectivity index (χ3n) is 3.09. The maximum atomic E-state index is 9.84. The van der Waals surface area contributed by atoms with Gasteiger partial charge in [-0.15, -0.1) is 0 Å². The Morgan fingerprint density at radius 3 is 2.62 bits per heavy atom. The largest absolute Gasteiger partial charge is 0.497 e. The van der Waals surface area contributed by atoms with E-state index in [-0.39, 0.29) is 6.10 Å². The number of benzene rings is 1. The van der Waals surface area contributed by atoms with Gasteiger partial charge >= 0.3 is 0 Å². The fraction of sp³-hybridized carbons (Fsp3) is 0.429. The van der Waals surface area contributed by atoms with Crippen molar-refractivity contribution in [2.24, 2.45) is 0 Å². The summed E-state index contributed by atoms with van der Waals surface area (Å²) in [4.78, 5) is 0. The van der Waals surface area contributed by atoms with E-state index < -0.39 is 0 Å². The standard InChI is InChI=1S/C14H18O2/c1-16-13-8-6-11(7-9-13)10-12-4-2-3-5-14(12)15/h6-10,14-15H,2-5H2,1H3/b12-10+/t14-/m0/s1. The highest BCUT2D eigenvalue weighted by molar-refractivity contribution is 5.55. The fourth-order valence-electron chi connectivity index (χ4n) is 2.10. The highest BCUT2D eigenvalue weighted by Gasteiger charge is 2.15. The zero-order chi connectivity index (χ0) is 11.4. The van der Waals surface area contributed by atoms with Gasteiger partial charge in [0.05, 0.1) is 13.2 Å². The van der Waals surface area contributed by atoms with Crippen molar-refractivity contribution in [3.05, 3.63) is 35.4 Å². The molecule has 0 radical (unpaired) electrons. The molecule has 1 saturated carbocycles. The maximum Gasteiger partial charge on any atom is 0.118 e. The molecular weight excluding hydrogens is 200 g/mol. The Morgan fingerprint density at radius 1 is 1.25 bits per heavy atom. The molecule has 0 spiro atoms. The van der Waals surface area contributed by atoms with Crippen LogP contribution in [0.4, 0.5) is 0 Å². The molecule has 1 aromatic rings. The summed E-state index contributed by atoms with van der Waals surface area (Å²) in [6, 6.07) is 7.93. The summed E-state index contributed by atoms with van der Waals surface area (Å²) < 4.78 is 5.11. The van der Waals surface area contributed by atoms with Crippen molar-refractivity contribution in [3.63, 3.8) is 0 Å². The molecule has 16 heavy (non-hydrogen) atoms. The molecule has 0 aliphatic heterocycles. The smallest absolute Gasteiger partial charge is 0.118 e. The number of hydrogen-bond acceptors (Lipinski definition) is 2. The van der Waals surface area contributed by atoms with Gasteiger partial charge in [-0.25, -0.2) is 0 Å². The van der Waals surface area contributed by atoms with Crippen LogP contribution in [0.1, 0.15) is 31.2 Å². The number of aliphatic hydroxyl groups is 1. The van der Waals surface area contributed by atoms with Gasteiger partial charge in [-0.2, -0.15) is 0 Å². The van der Waals surface area contributed by atoms with Crippen LogP contribution in [0.25, 0.3) is 6.08 Å². The monoisotopic (exact) mass is 218 g/mol. The highest BCUT2D eigenvalue weighted by Crippen LogP contribution is 2.26. The SMILES string of the molecule is COc1ccc(/C=C2\CCCC[C@@H]2O)cc1. The third kappa shape index (κ3) is 2.64. The Balaban J connectivity index is 2.14. The molecule has 2 nitrogen and oxygen atoms in total. The average Bonchev–Trinajstić information content (AvgIpc) is 2.33. The van der Waals surface area contributed by atoms with Gasteiger partial charge in [0.1, 0.15) is 5.75 Å². The van der Waals surface area contributed by atoms with E-state index in [0.717, 1.165) is 36.1 Å². The molecule has 1 atom stereocenters. The topological polar surface area (TPSA) is 29.5 Å². The van der Waals surface area contributed by atoms with Crippen LogP contribution in [-0.4, -0.2) is 18.3 Å². The van der Waals surface area contributed by atoms with E-state index in [1.807, 2.05) is 24.3 Å². The van der Waals surface area contributed by atoms with Crippen molar-refractivity contribution in [1.29, 1.82) is 0 Å². The van der Waals surface area contributed by atoms with Gasteiger partial charge in [-0.3, -0.25) is 0 Å². The Bertz CT molecular complexity index is 365. The lowest BCUT2D eigenvalue weighted by molar-refractivity contribution is 0.180. The summed E-state index contributed by atoms with van der Waals surface area (Å²) >= 11 is 0. The quantitative estimate of drug-likeness (QED) is 0.826. The normalized spacial score (nSPS) is 23.4. The molecule has 86 valence electrons. The molecule has 2 rings (SSSR count). The molecule has 2 heteroatoms. The lowest BCUT2D eigenvalue weighted by Crippen LogP contribution is -2.14. The van der Waals surface area contributed by atoms with Crippen molar-refractivity contribution in [3.8, 4) is 5.75 Å². The van der Waals surface area contributed by atoms with Crippen molar-refractivity contribution in [2.75, 3.05) is 7.11 Å². The first-order chi connectivity index (χ1) is 7.79. The van der Waals surface area contributed by atoms with Gasteiger partial charge in [0, 0.05) is 0 Å². The molecule has 0 bridgehead atoms. The van der Waals surface area contributed by atoms with Crippen LogP contribution in [0, 0.1) is 0 Å². The van der Waals surface area contributed by atoms with Crippen LogP contribution in [0.5, 0.6) is 5.75 Å². The predicted molar refractivity (Wildman–Crippen MR) is 65.4 cm³/mol. The van der Waals surface area contributed by atoms with Crippen molar-refractivity contribution < 1.29 is 9.84 Å². The first-order valence-electron chi connectivity index (χ1n) is 5.82. The Hall–Kier alpha value is -1.28. The van der Waals surface area contributed by atoms with Gasteiger partial charge < -0.3 is 9.84 Å². The average molecular weight is 218 g/mol. The molecule has 0 unspecified atom stereocenters. The molecule has 1 fully saturated rings. The van der Waals surface area contributed by atoms with E-state index in [1.165, 1.54) is 6.42 Å². The van der Waals surface area contributed by atoms with E-state index in [1.54, 1.807) is 7.11 Å². The van der Waals surface area contributed by atoms with E-state index in [0.29, 0.717) is 0 Å². The van der Waals surface area contributed by atoms with Crippen LogP contribution < -0.4 is 4.74 Å². The number of aliphatic hydroxyl groups excluding tert-OH is 1. The summed E-state index contributed by atoms with van der Waals surface area (Å²) in [5.74, 6) is 0.867. The zero-order valence-electron chi connectivity index (χ0n) is 9.65. The molecule has 0 amide bonds. The number of methoxy groups -OCH3 is 1. The number of ether oxygens (including phenoxy) is 1. The van der Waals surface area contributed by atoms with Crippen LogP contribution in [0.2, 0.25) is 0 Å². The van der Waals surface area contributed by atoms with Crippen LogP contribution in [-0.2, 0) is 0 Å². The third-order valence-corrected chi connectivity index (χ3v) is 3.09. The van der Waals surface area contributed by atoms with E-state index in [9.17, 15) is 5.11 Å². The highest BCUT2D eigenvalue weighted by atomic mass is 16.5. The predicted octanol–water partition coefficient (Wildman–Crippen LogP) is 3.01. The lowest BCUT2D eigenvalue weighted by Gasteiger charge is -2.20. The Labute approximate surface area is 96.6 Å². The van der Waals surface area contributed by atoms with Crippen LogP contribution in [0.15, 0.2) is 29.8 Å². The minimum atomic E-state index is -0.240. The van der Waals surface area contributed by atoms with Crippen LogP contribution >= 0.6 is 0 Å². The van der Waals surface area contributed by atoms with E-state index >= 15 is 0 Å². The van der Waals surface area contributed by atoms with Gasteiger partial charge in [0.25, 0.3) is 0 Å². The molecular formula is C14H18O2. The molecule has 0 aromatic heterocycles. The van der Waals surface area contributed by atoms with Crippen molar-refractivity contribution in [2.45, 2.75) is 31.8 Å². The van der Waals surface area contributed by atoms with Gasteiger partial charge in [-0.05, 0) is 42.5 Å². The van der Waals surface area contributed by atoms with Crippen molar-refractivity contribution in [1.82, 2.24) is 0 Å². The summed E-state index contributed by atoms with van der Waals surface area (Å²) in [5.41, 5.74) is 2.30. The second-order valence-corrected chi connectivity index (χ2v) is 4.25. The lowest BCUT2D eigenvalue weighted by atomic mass is 9.91. The molecule has 0 saturated heterocycles. The van der Waals surface area contributed by atoms with E-state index in [4.69, 9.17) is 4.74 Å². The molecule has 1 N–H and O–H groups in total. The molecule has 1 aliphatic carbocycles. The second-order valence-electron chi connectivity index (χ2n) is 4.25. The minimum absolute atomic E-state index is 0.240. The zero-order valence-corrected chi connectivity index (χ0v) is 9.65. The van der Waals surface area contributed by atoms with E-state index in [2.05, 4.69) is 6.08 Å². The summed E-state index contributed by atoms with van der Waals surface area (Å²) in [6.07, 6.45) is 6.12. The fourth-order valence-corrected chi connectivity index (χ4v) is 2.10. The minimum Gasteiger partial charge on any atom is -0.497 e. The van der Waals surface area contributed by atoms with Crippen LogP contribution in [0.3, 0.4) is 0 Å². The Morgan fingerprint density at radius 2 is 2.00 bits per heavy atom. The Kier molecular flexibility index (Phi) is 3.62. The first kappa shape index (κ1) is 11.2. The number of hydrogen-bond donors (Lipinski definition) is 1. The second kappa shape index (κ2) is 5.17. The van der Waals surface area contributed by atoms with Gasteiger partial charge in [0.15, 0.2) is 0 Å². The maximum absolute atomic E-state index is 9.84. The molecule has 1 aromatic carbocycles. The van der Waals surface area contributed by atoms with Gasteiger partial charge in [0.2, 0.25) is 0 Å². The molecule has 0 heterocycles. The first-order valence-corrected chi connectivity index (χ1v) is 5.82. The summed E-state index contributed by atoms with van der Waals surface area (Å²) in [7, 11) is 1.67.